The molecule has 1 heterocycles. The van der Waals surface area contributed by atoms with Crippen LogP contribution in [0.2, 0.25) is 0 Å². The summed E-state index contributed by atoms with van der Waals surface area (Å²) in [7, 11) is 0. The standard InChI is InChI=1S/C13H14O4/c1-2-15-13(14)10-6-9(10)8-3-4-11-12(5-8)17-7-16-11/h3-5,9-10H,2,6-7H2,1H3. The van der Waals surface area contributed by atoms with Crippen LogP contribution in [0.15, 0.2) is 18.2 Å². The number of carbonyl (C=O) groups is 1. The van der Waals surface area contributed by atoms with Crippen LogP contribution >= 0.6 is 0 Å². The van der Waals surface area contributed by atoms with Gasteiger partial charge in [0, 0.05) is 0 Å². The fourth-order valence-electron chi connectivity index (χ4n) is 2.22. The average molecular weight is 234 g/mol. The maximum Gasteiger partial charge on any atom is 0.309 e. The fourth-order valence-corrected chi connectivity index (χ4v) is 2.22. The van der Waals surface area contributed by atoms with Gasteiger partial charge in [0.05, 0.1) is 12.5 Å². The van der Waals surface area contributed by atoms with E-state index in [2.05, 4.69) is 0 Å². The predicted octanol–water partition coefficient (Wildman–Crippen LogP) is 2.08. The first-order chi connectivity index (χ1) is 8.29. The number of hydrogen-bond donors (Lipinski definition) is 0. The van der Waals surface area contributed by atoms with Gasteiger partial charge in [-0.25, -0.2) is 0 Å². The third-order valence-corrected chi connectivity index (χ3v) is 3.20. The zero-order chi connectivity index (χ0) is 11.8. The lowest BCUT2D eigenvalue weighted by atomic mass is 10.1. The van der Waals surface area contributed by atoms with Crippen LogP contribution in [-0.4, -0.2) is 19.4 Å². The number of benzene rings is 1. The number of esters is 1. The maximum absolute atomic E-state index is 11.5. The van der Waals surface area contributed by atoms with Crippen LogP contribution in [-0.2, 0) is 9.53 Å². The Balaban J connectivity index is 1.73. The van der Waals surface area contributed by atoms with Crippen LogP contribution < -0.4 is 9.47 Å². The molecule has 2 unspecified atom stereocenters. The minimum atomic E-state index is -0.0878. The summed E-state index contributed by atoms with van der Waals surface area (Å²) in [6.45, 7) is 2.56. The predicted molar refractivity (Wildman–Crippen MR) is 60.0 cm³/mol. The molecular weight excluding hydrogens is 220 g/mol. The molecule has 0 saturated heterocycles. The Morgan fingerprint density at radius 2 is 2.24 bits per heavy atom. The van der Waals surface area contributed by atoms with Gasteiger partial charge in [0.2, 0.25) is 6.79 Å². The van der Waals surface area contributed by atoms with Crippen molar-refractivity contribution in [3.05, 3.63) is 23.8 Å². The summed E-state index contributed by atoms with van der Waals surface area (Å²) in [5.74, 6) is 1.77. The van der Waals surface area contributed by atoms with Crippen LogP contribution in [0, 0.1) is 5.92 Å². The normalized spacial score (nSPS) is 24.5. The molecule has 90 valence electrons. The molecule has 1 aliphatic heterocycles. The topological polar surface area (TPSA) is 44.8 Å². The molecule has 0 radical (unpaired) electrons. The van der Waals surface area contributed by atoms with E-state index in [0.29, 0.717) is 6.61 Å². The van der Waals surface area contributed by atoms with Crippen LogP contribution in [0.5, 0.6) is 11.5 Å². The highest BCUT2D eigenvalue weighted by atomic mass is 16.7. The van der Waals surface area contributed by atoms with Gasteiger partial charge in [-0.3, -0.25) is 4.79 Å². The van der Waals surface area contributed by atoms with Crippen LogP contribution in [0.4, 0.5) is 0 Å². The Kier molecular flexibility index (Phi) is 2.42. The Morgan fingerprint density at radius 1 is 1.41 bits per heavy atom. The molecule has 1 fully saturated rings. The molecule has 1 aromatic rings. The fraction of sp³-hybridized carbons (Fsp3) is 0.462. The van der Waals surface area contributed by atoms with Crippen LogP contribution in [0.25, 0.3) is 0 Å². The Bertz CT molecular complexity index is 455. The van der Waals surface area contributed by atoms with Gasteiger partial charge in [-0.1, -0.05) is 6.07 Å². The zero-order valence-corrected chi connectivity index (χ0v) is 9.64. The molecule has 0 bridgehead atoms. The molecule has 2 aliphatic rings. The van der Waals surface area contributed by atoms with Gasteiger partial charge in [-0.2, -0.15) is 0 Å². The van der Waals surface area contributed by atoms with Crippen molar-refractivity contribution in [1.29, 1.82) is 0 Å². The molecule has 17 heavy (non-hydrogen) atoms. The first kappa shape index (κ1) is 10.4. The Hall–Kier alpha value is -1.71. The van der Waals surface area contributed by atoms with Gasteiger partial charge in [-0.05, 0) is 37.0 Å². The number of rotatable bonds is 3. The summed E-state index contributed by atoms with van der Waals surface area (Å²) in [6.07, 6.45) is 0.873. The molecule has 0 spiro atoms. The van der Waals surface area contributed by atoms with Crippen molar-refractivity contribution in [2.24, 2.45) is 5.92 Å². The van der Waals surface area contributed by atoms with Gasteiger partial charge in [0.1, 0.15) is 0 Å². The van der Waals surface area contributed by atoms with E-state index in [4.69, 9.17) is 14.2 Å². The van der Waals surface area contributed by atoms with E-state index >= 15 is 0 Å². The molecule has 2 atom stereocenters. The number of carbonyl (C=O) groups excluding carboxylic acids is 1. The lowest BCUT2D eigenvalue weighted by Crippen LogP contribution is -2.07. The van der Waals surface area contributed by atoms with E-state index in [-0.39, 0.29) is 24.6 Å². The zero-order valence-electron chi connectivity index (χ0n) is 9.64. The first-order valence-corrected chi connectivity index (χ1v) is 5.85. The second-order valence-corrected chi connectivity index (χ2v) is 4.31. The summed E-state index contributed by atoms with van der Waals surface area (Å²) in [6, 6.07) is 5.86. The molecule has 1 aromatic carbocycles. The van der Waals surface area contributed by atoms with Gasteiger partial charge in [-0.15, -0.1) is 0 Å². The number of ether oxygens (including phenoxy) is 3. The SMILES string of the molecule is CCOC(=O)C1CC1c1ccc2c(c1)OCO2. The molecule has 0 N–H and O–H groups in total. The van der Waals surface area contributed by atoms with Crippen LogP contribution in [0.1, 0.15) is 24.8 Å². The van der Waals surface area contributed by atoms with Crippen molar-refractivity contribution in [1.82, 2.24) is 0 Å². The number of fused-ring (bicyclic) bond motifs is 1. The Labute approximate surface area is 99.5 Å². The lowest BCUT2D eigenvalue weighted by Gasteiger charge is -2.03. The molecule has 0 amide bonds. The minimum Gasteiger partial charge on any atom is -0.466 e. The third-order valence-electron chi connectivity index (χ3n) is 3.20. The van der Waals surface area contributed by atoms with Gasteiger partial charge < -0.3 is 14.2 Å². The van der Waals surface area contributed by atoms with Gasteiger partial charge in [0.15, 0.2) is 11.5 Å². The van der Waals surface area contributed by atoms with E-state index in [1.165, 1.54) is 0 Å². The number of hydrogen-bond acceptors (Lipinski definition) is 4. The summed E-state index contributed by atoms with van der Waals surface area (Å²) >= 11 is 0. The molecule has 0 aromatic heterocycles. The average Bonchev–Trinajstić information content (AvgIpc) is 3.00. The summed E-state index contributed by atoms with van der Waals surface area (Å²) < 4.78 is 15.6. The smallest absolute Gasteiger partial charge is 0.309 e. The quantitative estimate of drug-likeness (QED) is 0.751. The van der Waals surface area contributed by atoms with E-state index in [0.717, 1.165) is 23.5 Å². The largest absolute Gasteiger partial charge is 0.466 e. The second-order valence-electron chi connectivity index (χ2n) is 4.31. The van der Waals surface area contributed by atoms with E-state index < -0.39 is 0 Å². The minimum absolute atomic E-state index is 0.0234. The van der Waals surface area contributed by atoms with Crippen LogP contribution in [0.3, 0.4) is 0 Å². The highest BCUT2D eigenvalue weighted by Crippen LogP contribution is 2.50. The highest BCUT2D eigenvalue weighted by Gasteiger charge is 2.45. The maximum atomic E-state index is 11.5. The molecular formula is C13H14O4. The molecule has 4 nitrogen and oxygen atoms in total. The summed E-state index contributed by atoms with van der Waals surface area (Å²) in [5, 5.41) is 0. The van der Waals surface area contributed by atoms with E-state index in [9.17, 15) is 4.79 Å². The lowest BCUT2D eigenvalue weighted by molar-refractivity contribution is -0.144. The van der Waals surface area contributed by atoms with Gasteiger partial charge >= 0.3 is 5.97 Å². The molecule has 3 rings (SSSR count). The third kappa shape index (κ3) is 1.84. The van der Waals surface area contributed by atoms with Crippen molar-refractivity contribution in [2.75, 3.05) is 13.4 Å². The summed E-state index contributed by atoms with van der Waals surface area (Å²) in [4.78, 5) is 11.5. The molecule has 4 heteroatoms. The van der Waals surface area contributed by atoms with E-state index in [1.807, 2.05) is 25.1 Å². The highest BCUT2D eigenvalue weighted by molar-refractivity contribution is 5.77. The first-order valence-electron chi connectivity index (χ1n) is 5.85. The van der Waals surface area contributed by atoms with E-state index in [1.54, 1.807) is 0 Å². The second kappa shape index (κ2) is 3.95. The molecule has 1 saturated carbocycles. The Morgan fingerprint density at radius 3 is 3.06 bits per heavy atom. The summed E-state index contributed by atoms with van der Waals surface area (Å²) in [5.41, 5.74) is 1.13. The van der Waals surface area contributed by atoms with Crippen molar-refractivity contribution in [2.45, 2.75) is 19.3 Å². The van der Waals surface area contributed by atoms with Crippen molar-refractivity contribution < 1.29 is 19.0 Å². The molecule has 1 aliphatic carbocycles. The monoisotopic (exact) mass is 234 g/mol. The van der Waals surface area contributed by atoms with Crippen molar-refractivity contribution in [3.63, 3.8) is 0 Å². The van der Waals surface area contributed by atoms with Gasteiger partial charge in [0.25, 0.3) is 0 Å². The van der Waals surface area contributed by atoms with Crippen molar-refractivity contribution >= 4 is 5.97 Å². The van der Waals surface area contributed by atoms with Crippen molar-refractivity contribution in [3.8, 4) is 11.5 Å².